The van der Waals surface area contributed by atoms with Crippen LogP contribution in [0.25, 0.3) is 0 Å². The van der Waals surface area contributed by atoms with E-state index in [0.29, 0.717) is 51.9 Å². The SMILES string of the molecule is CC(C)(C)OC(=O)NCCOCCOCCCC(=O)c1ccc(CN2CCC(N)CC2)cc1. The molecular weight excluding hydrogens is 422 g/mol. The van der Waals surface area contributed by atoms with Crippen LogP contribution in [0.1, 0.15) is 62.4 Å². The third-order valence-corrected chi connectivity index (χ3v) is 5.29. The van der Waals surface area contributed by atoms with Crippen LogP contribution in [0.5, 0.6) is 0 Å². The predicted molar refractivity (Wildman–Crippen MR) is 128 cm³/mol. The minimum atomic E-state index is -0.508. The molecule has 0 saturated carbocycles. The summed E-state index contributed by atoms with van der Waals surface area (Å²) in [6, 6.07) is 8.28. The van der Waals surface area contributed by atoms with Crippen LogP contribution in [0.3, 0.4) is 0 Å². The second-order valence-corrected chi connectivity index (χ2v) is 9.49. The number of alkyl carbamates (subject to hydrolysis) is 1. The molecule has 0 radical (unpaired) electrons. The number of carbonyl (C=O) groups excluding carboxylic acids is 2. The van der Waals surface area contributed by atoms with Crippen molar-refractivity contribution in [2.45, 2.75) is 64.6 Å². The quantitative estimate of drug-likeness (QED) is 0.342. The number of piperidine rings is 1. The molecule has 0 bridgehead atoms. The van der Waals surface area contributed by atoms with Gasteiger partial charge < -0.3 is 25.3 Å². The van der Waals surface area contributed by atoms with Crippen molar-refractivity contribution in [3.05, 3.63) is 35.4 Å². The van der Waals surface area contributed by atoms with E-state index < -0.39 is 11.7 Å². The van der Waals surface area contributed by atoms with Gasteiger partial charge in [0.2, 0.25) is 0 Å². The molecule has 0 aliphatic carbocycles. The lowest BCUT2D eigenvalue weighted by Gasteiger charge is -2.30. The zero-order chi connectivity index (χ0) is 24.1. The van der Waals surface area contributed by atoms with Gasteiger partial charge in [-0.2, -0.15) is 0 Å². The van der Waals surface area contributed by atoms with Gasteiger partial charge in [-0.1, -0.05) is 24.3 Å². The van der Waals surface area contributed by atoms with E-state index in [1.165, 1.54) is 5.56 Å². The summed E-state index contributed by atoms with van der Waals surface area (Å²) in [4.78, 5) is 26.3. The van der Waals surface area contributed by atoms with Crippen LogP contribution in [0.4, 0.5) is 4.79 Å². The maximum absolute atomic E-state index is 12.4. The fraction of sp³-hybridized carbons (Fsp3) is 0.680. The molecule has 2 rings (SSSR count). The van der Waals surface area contributed by atoms with Gasteiger partial charge in [-0.05, 0) is 58.7 Å². The van der Waals surface area contributed by atoms with E-state index in [1.54, 1.807) is 0 Å². The molecule has 1 heterocycles. The summed E-state index contributed by atoms with van der Waals surface area (Å²) in [6.45, 7) is 10.6. The maximum Gasteiger partial charge on any atom is 0.407 e. The molecule has 3 N–H and O–H groups in total. The normalized spacial score (nSPS) is 15.4. The van der Waals surface area contributed by atoms with Crippen molar-refractivity contribution in [2.24, 2.45) is 5.73 Å². The number of benzene rings is 1. The van der Waals surface area contributed by atoms with Crippen LogP contribution in [-0.2, 0) is 20.8 Å². The van der Waals surface area contributed by atoms with Gasteiger partial charge in [0.1, 0.15) is 5.60 Å². The first-order valence-corrected chi connectivity index (χ1v) is 12.0. The van der Waals surface area contributed by atoms with Crippen LogP contribution in [-0.4, -0.2) is 74.5 Å². The highest BCUT2D eigenvalue weighted by Gasteiger charge is 2.16. The highest BCUT2D eigenvalue weighted by atomic mass is 16.6. The Labute approximate surface area is 198 Å². The number of likely N-dealkylation sites (tertiary alicyclic amines) is 1. The van der Waals surface area contributed by atoms with Crippen LogP contribution in [0, 0.1) is 0 Å². The number of nitrogens with zero attached hydrogens (tertiary/aromatic N) is 1. The maximum atomic E-state index is 12.4. The van der Waals surface area contributed by atoms with Crippen LogP contribution >= 0.6 is 0 Å². The monoisotopic (exact) mass is 463 g/mol. The Morgan fingerprint density at radius 2 is 1.67 bits per heavy atom. The van der Waals surface area contributed by atoms with Gasteiger partial charge in [-0.15, -0.1) is 0 Å². The Morgan fingerprint density at radius 1 is 1.03 bits per heavy atom. The number of Topliss-reactive ketones (excluding diaryl/α,β-unsaturated/α-hetero) is 1. The van der Waals surface area contributed by atoms with Crippen molar-refractivity contribution >= 4 is 11.9 Å². The van der Waals surface area contributed by atoms with Gasteiger partial charge in [-0.25, -0.2) is 4.79 Å². The smallest absolute Gasteiger partial charge is 0.407 e. The standard InChI is InChI=1S/C25H41N3O5/c1-25(2,3)33-24(30)27-12-16-32-18-17-31-15-4-5-23(29)21-8-6-20(7-9-21)19-28-13-10-22(26)11-14-28/h6-9,22H,4-5,10-19,26H2,1-3H3,(H,27,30). The Bertz CT molecular complexity index is 710. The number of carbonyl (C=O) groups is 2. The largest absolute Gasteiger partial charge is 0.444 e. The fourth-order valence-corrected chi connectivity index (χ4v) is 3.51. The number of ether oxygens (including phenoxy) is 3. The molecule has 1 fully saturated rings. The molecule has 1 aromatic carbocycles. The molecule has 8 nitrogen and oxygen atoms in total. The summed E-state index contributed by atoms with van der Waals surface area (Å²) >= 11 is 0. The van der Waals surface area contributed by atoms with Crippen molar-refractivity contribution < 1.29 is 23.8 Å². The Kier molecular flexibility index (Phi) is 11.8. The third kappa shape index (κ3) is 12.1. The van der Waals surface area contributed by atoms with Crippen molar-refractivity contribution in [3.8, 4) is 0 Å². The van der Waals surface area contributed by atoms with Crippen molar-refractivity contribution in [2.75, 3.05) is 46.1 Å². The average molecular weight is 464 g/mol. The Balaban J connectivity index is 1.48. The van der Waals surface area contributed by atoms with E-state index in [2.05, 4.69) is 10.2 Å². The number of hydrogen-bond donors (Lipinski definition) is 2. The topological polar surface area (TPSA) is 103 Å². The van der Waals surface area contributed by atoms with Crippen LogP contribution < -0.4 is 11.1 Å². The van der Waals surface area contributed by atoms with E-state index >= 15 is 0 Å². The molecular formula is C25H41N3O5. The molecule has 1 aliphatic rings. The molecule has 1 saturated heterocycles. The molecule has 8 heteroatoms. The van der Waals surface area contributed by atoms with Gasteiger partial charge >= 0.3 is 6.09 Å². The molecule has 186 valence electrons. The summed E-state index contributed by atoms with van der Waals surface area (Å²) in [6.07, 6.45) is 2.79. The zero-order valence-electron chi connectivity index (χ0n) is 20.4. The molecule has 1 aromatic rings. The van der Waals surface area contributed by atoms with E-state index in [1.807, 2.05) is 45.0 Å². The minimum absolute atomic E-state index is 0.138. The number of ketones is 1. The average Bonchev–Trinajstić information content (AvgIpc) is 2.76. The first kappa shape index (κ1) is 27.2. The van der Waals surface area contributed by atoms with Gasteiger partial charge in [0.15, 0.2) is 5.78 Å². The van der Waals surface area contributed by atoms with Gasteiger partial charge in [0, 0.05) is 37.7 Å². The summed E-state index contributed by atoms with van der Waals surface area (Å²) in [7, 11) is 0. The number of nitrogens with one attached hydrogen (secondary N) is 1. The number of nitrogens with two attached hydrogens (primary N) is 1. The molecule has 0 spiro atoms. The number of amides is 1. The van der Waals surface area contributed by atoms with E-state index in [9.17, 15) is 9.59 Å². The van der Waals surface area contributed by atoms with Crippen LogP contribution in [0.15, 0.2) is 24.3 Å². The molecule has 0 unspecified atom stereocenters. The van der Waals surface area contributed by atoms with Crippen molar-refractivity contribution in [1.29, 1.82) is 0 Å². The first-order chi connectivity index (χ1) is 15.7. The lowest BCUT2D eigenvalue weighted by atomic mass is 10.0. The Hall–Kier alpha value is -2.00. The van der Waals surface area contributed by atoms with E-state index in [0.717, 1.165) is 38.0 Å². The van der Waals surface area contributed by atoms with Crippen molar-refractivity contribution in [1.82, 2.24) is 10.2 Å². The molecule has 33 heavy (non-hydrogen) atoms. The van der Waals surface area contributed by atoms with Crippen molar-refractivity contribution in [3.63, 3.8) is 0 Å². The highest BCUT2D eigenvalue weighted by molar-refractivity contribution is 5.96. The second-order valence-electron chi connectivity index (χ2n) is 9.49. The van der Waals surface area contributed by atoms with E-state index in [4.69, 9.17) is 19.9 Å². The summed E-state index contributed by atoms with van der Waals surface area (Å²) in [5, 5.41) is 2.63. The molecule has 1 aliphatic heterocycles. The van der Waals surface area contributed by atoms with E-state index in [-0.39, 0.29) is 5.78 Å². The summed E-state index contributed by atoms with van der Waals surface area (Å²) in [5.41, 5.74) is 7.43. The van der Waals surface area contributed by atoms with Gasteiger partial charge in [-0.3, -0.25) is 9.69 Å². The summed E-state index contributed by atoms with van der Waals surface area (Å²) < 4.78 is 16.1. The van der Waals surface area contributed by atoms with Crippen LogP contribution in [0.2, 0.25) is 0 Å². The highest BCUT2D eigenvalue weighted by Crippen LogP contribution is 2.14. The van der Waals surface area contributed by atoms with Gasteiger partial charge in [0.25, 0.3) is 0 Å². The van der Waals surface area contributed by atoms with Gasteiger partial charge in [0.05, 0.1) is 19.8 Å². The molecule has 0 atom stereocenters. The molecule has 0 aromatic heterocycles. The third-order valence-electron chi connectivity index (χ3n) is 5.29. The predicted octanol–water partition coefficient (Wildman–Crippen LogP) is 3.13. The zero-order valence-corrected chi connectivity index (χ0v) is 20.4. The lowest BCUT2D eigenvalue weighted by Crippen LogP contribution is -2.39. The number of hydrogen-bond acceptors (Lipinski definition) is 7. The number of rotatable bonds is 13. The fourth-order valence-electron chi connectivity index (χ4n) is 3.51. The lowest BCUT2D eigenvalue weighted by molar-refractivity contribution is 0.0389. The molecule has 1 amide bonds. The first-order valence-electron chi connectivity index (χ1n) is 12.0. The Morgan fingerprint density at radius 3 is 2.30 bits per heavy atom. The minimum Gasteiger partial charge on any atom is -0.444 e. The summed E-state index contributed by atoms with van der Waals surface area (Å²) in [5.74, 6) is 0.138. The second kappa shape index (κ2) is 14.3.